The van der Waals surface area contributed by atoms with Crippen LogP contribution in [0.3, 0.4) is 0 Å². The van der Waals surface area contributed by atoms with Gasteiger partial charge in [0.1, 0.15) is 76.5 Å². The zero-order valence-corrected chi connectivity index (χ0v) is 73.8. The molecule has 0 saturated carbocycles. The number of rotatable bonds is 17. The molecule has 4 atom stereocenters. The van der Waals surface area contributed by atoms with Gasteiger partial charge in [-0.05, 0) is 232 Å². The minimum Gasteiger partial charge on any atom is -0.495 e. The molecule has 134 heavy (non-hydrogen) atoms. The summed E-state index contributed by atoms with van der Waals surface area (Å²) >= 11 is 0. The fraction of sp³-hybridized carbons (Fsp3) is 0.238. The number of imidazole rings is 4. The molecule has 23 rings (SSSR count). The highest BCUT2D eigenvalue weighted by Gasteiger charge is 2.45. The molecule has 13 aromatic rings. The quantitative estimate of drug-likeness (QED) is 0.0766. The largest absolute Gasteiger partial charge is 0.495 e. The molecule has 0 radical (unpaired) electrons. The van der Waals surface area contributed by atoms with Gasteiger partial charge in [-0.25, -0.2) is 57.5 Å². The van der Waals surface area contributed by atoms with Crippen molar-refractivity contribution in [2.75, 3.05) is 66.3 Å². The van der Waals surface area contributed by atoms with Crippen molar-refractivity contribution in [2.24, 2.45) is 20.0 Å². The van der Waals surface area contributed by atoms with Gasteiger partial charge in [-0.15, -0.1) is 0 Å². The second-order valence-corrected chi connectivity index (χ2v) is 33.7. The van der Waals surface area contributed by atoms with Crippen LogP contribution < -0.4 is 14.2 Å². The van der Waals surface area contributed by atoms with Gasteiger partial charge in [0, 0.05) is 88.4 Å². The molecular weight excluding hydrogens is 1710 g/mol. The van der Waals surface area contributed by atoms with Gasteiger partial charge in [0.15, 0.2) is 17.1 Å². The number of carbonyl (C=O) groups excluding carboxylic acids is 4. The second-order valence-electron chi connectivity index (χ2n) is 33.7. The van der Waals surface area contributed by atoms with Crippen LogP contribution in [0.25, 0.3) is 58.0 Å². The van der Waals surface area contributed by atoms with Crippen molar-refractivity contribution in [3.05, 3.63) is 334 Å². The van der Waals surface area contributed by atoms with Gasteiger partial charge in [-0.3, -0.25) is 39.2 Å². The summed E-state index contributed by atoms with van der Waals surface area (Å²) in [6.45, 7) is 14.0. The number of hydrazine groups is 4. The number of aromatic nitrogens is 9. The highest BCUT2D eigenvalue weighted by Crippen LogP contribution is 2.44. The van der Waals surface area contributed by atoms with E-state index < -0.39 is 24.2 Å². The van der Waals surface area contributed by atoms with Gasteiger partial charge < -0.3 is 37.0 Å². The lowest BCUT2D eigenvalue weighted by Gasteiger charge is -2.38. The van der Waals surface area contributed by atoms with Crippen LogP contribution in [-0.4, -0.2) is 197 Å². The maximum absolute atomic E-state index is 13.4. The van der Waals surface area contributed by atoms with Crippen molar-refractivity contribution < 1.29 is 55.5 Å². The van der Waals surface area contributed by atoms with Gasteiger partial charge in [-0.2, -0.15) is 20.0 Å². The number of methoxy groups -OCH3 is 1. The number of amides is 4. The Morgan fingerprint density at radius 1 is 0.366 bits per heavy atom. The first kappa shape index (κ1) is 86.6. The first-order valence-corrected chi connectivity index (χ1v) is 44.4. The number of fused-ring (bicyclic) bond motifs is 7. The minimum atomic E-state index is -0.542. The van der Waals surface area contributed by atoms with Crippen molar-refractivity contribution >= 4 is 82.2 Å². The number of hydrogen-bond donors (Lipinski definition) is 0. The normalized spacial score (nSPS) is 19.3. The maximum Gasteiger partial charge on any atom is 0.271 e. The van der Waals surface area contributed by atoms with E-state index in [1.54, 1.807) is 80.8 Å². The van der Waals surface area contributed by atoms with Crippen LogP contribution >= 0.6 is 0 Å². The highest BCUT2D eigenvalue weighted by atomic mass is 19.1. The van der Waals surface area contributed by atoms with E-state index in [1.807, 2.05) is 188 Å². The fourth-order valence-corrected chi connectivity index (χ4v) is 18.6. The molecule has 5 aromatic heterocycles. The van der Waals surface area contributed by atoms with Crippen molar-refractivity contribution in [2.45, 2.75) is 90.4 Å². The fourth-order valence-electron chi connectivity index (χ4n) is 18.6. The number of hydrogen-bond acceptors (Lipinski definition) is 21. The number of ether oxygens (including phenoxy) is 3. The van der Waals surface area contributed by atoms with Crippen molar-refractivity contribution in [3.8, 4) is 40.0 Å². The third kappa shape index (κ3) is 17.3. The van der Waals surface area contributed by atoms with Crippen molar-refractivity contribution in [1.82, 2.24) is 83.4 Å². The monoisotopic (exact) mass is 1800 g/mol. The summed E-state index contributed by atoms with van der Waals surface area (Å²) in [7, 11) is 1.64. The first-order valence-electron chi connectivity index (χ1n) is 44.4. The Labute approximate surface area is 767 Å². The van der Waals surface area contributed by atoms with Crippen LogP contribution in [0.5, 0.6) is 17.2 Å². The number of aliphatic imine (C=N–C) groups is 4. The number of benzene rings is 8. The summed E-state index contributed by atoms with van der Waals surface area (Å²) in [6.07, 6.45) is 37.7. The smallest absolute Gasteiger partial charge is 0.271 e. The van der Waals surface area contributed by atoms with E-state index >= 15 is 0 Å². The van der Waals surface area contributed by atoms with Crippen LogP contribution in [0.1, 0.15) is 128 Å². The minimum absolute atomic E-state index is 0.138. The topological polar surface area (TPSA) is 269 Å². The lowest BCUT2D eigenvalue weighted by Crippen LogP contribution is -2.49. The summed E-state index contributed by atoms with van der Waals surface area (Å²) in [5.74, 6) is 2.17. The van der Waals surface area contributed by atoms with E-state index in [-0.39, 0.29) is 53.7 Å². The zero-order chi connectivity index (χ0) is 91.9. The molecule has 0 N–H and O–H groups in total. The average Bonchev–Trinajstić information content (AvgIpc) is 1.68. The molecule has 4 unspecified atom stereocenters. The van der Waals surface area contributed by atoms with Crippen LogP contribution in [0.4, 0.5) is 17.6 Å². The van der Waals surface area contributed by atoms with E-state index in [1.165, 1.54) is 70.9 Å². The zero-order valence-electron chi connectivity index (χ0n) is 73.8. The predicted octanol–water partition coefficient (Wildman–Crippen LogP) is 15.7. The summed E-state index contributed by atoms with van der Waals surface area (Å²) in [4.78, 5) is 86.7. The Bertz CT molecular complexity index is 6990. The molecule has 33 heteroatoms. The van der Waals surface area contributed by atoms with E-state index in [9.17, 15) is 36.7 Å². The van der Waals surface area contributed by atoms with Crippen LogP contribution in [0.15, 0.2) is 257 Å². The van der Waals surface area contributed by atoms with Crippen LogP contribution in [-0.2, 0) is 32.0 Å². The molecule has 0 spiro atoms. The van der Waals surface area contributed by atoms with Crippen molar-refractivity contribution in [3.63, 3.8) is 0 Å². The summed E-state index contributed by atoms with van der Waals surface area (Å²) in [5, 5.41) is 21.1. The number of carbonyl (C=O) groups is 4. The summed E-state index contributed by atoms with van der Waals surface area (Å²) < 4.78 is 84.0. The molecule has 8 aromatic carbocycles. The number of nitrogens with zero attached hydrogens (tertiary/aromatic N) is 21. The number of amidine groups is 4. The predicted molar refractivity (Wildman–Crippen MR) is 495 cm³/mol. The first-order chi connectivity index (χ1) is 65.3. The molecule has 9 aliphatic heterocycles. The molecule has 10 aliphatic rings. The second kappa shape index (κ2) is 37.1. The van der Waals surface area contributed by atoms with E-state index in [2.05, 4.69) is 77.9 Å². The van der Waals surface area contributed by atoms with Crippen LogP contribution in [0, 0.1) is 51.0 Å². The van der Waals surface area contributed by atoms with Gasteiger partial charge in [0.25, 0.3) is 23.6 Å². The Hall–Kier alpha value is -15.5. The number of halogens is 4. The standard InChI is InChI=1S/C26H24FN5O.C25H21FN6O2.C25H22FN5O3.C25H24FN5O2/c1-17-15-30(16-28-17)23-11-5-18(21-9-10-22(21)23)6-12-24-29-26(33)25(32-14-2-13-31(24)32)19-3-7-20(27)8-4-19;1-16-14-30(15-27-16)21-9-5-17(20-13-28-34-24(20)21)6-10-22-29-25(33)23(32-12-2-11-31(22)32)18-3-7-19(26)8-4-18;1-16-13-29(14-27-16)20-9-5-18(23-24(20)34-15-33-23)6-10-21-28-25(32)22(31-12-2-11-30(21)31)17-3-7-19(26)8-4-17;1-17-15-29(16-27-17)21-10-4-18(14-22(21)33-2)5-11-23-28-25(32)24(31-13-3-12-30(23)31)19-6-8-20(26)9-7-19/h3-8,11-12,15-16,25H,2,9-10,13-14H2,1H3;3-10,13-15,23H,2,11-12H2,1H3;3-10,13-14,22H,2,11-12,15H2,1H3;4-11,14-16,24H,3,12-13H2,1-2H3/b12-6+;2*10-6+;11-5+. The van der Waals surface area contributed by atoms with Gasteiger partial charge in [0.2, 0.25) is 6.79 Å². The summed E-state index contributed by atoms with van der Waals surface area (Å²) in [5.41, 5.74) is 17.7. The molecular formula is C101H91F4N21O8. The molecule has 676 valence electrons. The molecule has 4 amide bonds. The third-order valence-corrected chi connectivity index (χ3v) is 25.1. The third-order valence-electron chi connectivity index (χ3n) is 25.1. The lowest BCUT2D eigenvalue weighted by molar-refractivity contribution is -0.129. The van der Waals surface area contributed by atoms with E-state index in [0.717, 1.165) is 181 Å². The molecule has 0 bridgehead atoms. The van der Waals surface area contributed by atoms with Crippen LogP contribution in [0.2, 0.25) is 0 Å². The van der Waals surface area contributed by atoms with Gasteiger partial charge >= 0.3 is 0 Å². The average molecular weight is 1800 g/mol. The molecule has 4 fully saturated rings. The van der Waals surface area contributed by atoms with Gasteiger partial charge in [-0.1, -0.05) is 90.1 Å². The molecule has 4 saturated heterocycles. The Morgan fingerprint density at radius 3 is 1.13 bits per heavy atom. The SMILES string of the molecule is COc1cc(/C=C/C2=NC(=O)C(c3ccc(F)cc3)N3CCCN23)ccc1-n1cnc(C)c1.Cc1cn(-c2ccc(/C=C/C3=NC(=O)C(c4ccc(F)cc4)N4CCCN34)c3c2CC3)cn1.Cc1cn(-c2ccc(/C=C/C3=NC(=O)C(c4ccc(F)cc4)N4CCCN34)c3c2OCO3)cn1.Cc1cn(-c2ccc(/C=C/C3=NC(=O)C(c4ccc(F)cc4)N4CCCN34)c3cnoc23)cn1. The maximum atomic E-state index is 13.4. The molecule has 29 nitrogen and oxygen atoms in total. The van der Waals surface area contributed by atoms with E-state index in [0.29, 0.717) is 40.4 Å². The van der Waals surface area contributed by atoms with Crippen molar-refractivity contribution in [1.29, 1.82) is 0 Å². The Kier molecular flexibility index (Phi) is 24.0. The lowest BCUT2D eigenvalue weighted by atomic mass is 9.83. The Morgan fingerprint density at radius 2 is 0.716 bits per heavy atom. The van der Waals surface area contributed by atoms with Gasteiger partial charge in [0.05, 0.1) is 83.8 Å². The molecule has 14 heterocycles. The molecule has 1 aliphatic carbocycles. The highest BCUT2D eigenvalue weighted by molar-refractivity contribution is 6.10. The Balaban J connectivity index is 0.000000111. The van der Waals surface area contributed by atoms with E-state index in [4.69, 9.17) is 18.7 Å². The summed E-state index contributed by atoms with van der Waals surface area (Å²) in [6, 6.07) is 40.2. The number of aryl methyl sites for hydroxylation is 4.